The highest BCUT2D eigenvalue weighted by molar-refractivity contribution is 7.14. The molecular formula is C27H24N2O5S. The van der Waals surface area contributed by atoms with Crippen LogP contribution < -0.4 is 14.8 Å². The van der Waals surface area contributed by atoms with E-state index in [0.717, 1.165) is 22.4 Å². The lowest BCUT2D eigenvalue weighted by Crippen LogP contribution is -2.21. The van der Waals surface area contributed by atoms with Crippen LogP contribution in [0.15, 0.2) is 78.2 Å². The summed E-state index contributed by atoms with van der Waals surface area (Å²) >= 11 is 1.31. The van der Waals surface area contributed by atoms with E-state index in [2.05, 4.69) is 22.4 Å². The maximum Gasteiger partial charge on any atom is 0.310 e. The standard InChI is InChI=1S/C27H24N2O5S/c1-32-23-13-8-18(14-24(23)33-2)15-26(31)34-16-25(30)29-27-28-22(17-35-27)21-11-9-20(10-12-21)19-6-4-3-5-7-19/h3-14,17H,15-16H2,1-2H3,(H,28,29,30). The van der Waals surface area contributed by atoms with Gasteiger partial charge in [0.2, 0.25) is 0 Å². The van der Waals surface area contributed by atoms with Crippen LogP contribution >= 0.6 is 11.3 Å². The van der Waals surface area contributed by atoms with Gasteiger partial charge in [-0.1, -0.05) is 60.7 Å². The minimum absolute atomic E-state index is 0.00795. The van der Waals surface area contributed by atoms with Crippen molar-refractivity contribution in [1.29, 1.82) is 0 Å². The summed E-state index contributed by atoms with van der Waals surface area (Å²) in [7, 11) is 3.06. The molecule has 0 aliphatic heterocycles. The molecule has 35 heavy (non-hydrogen) atoms. The van der Waals surface area contributed by atoms with Gasteiger partial charge in [0.05, 0.1) is 26.3 Å². The molecule has 4 aromatic rings. The number of hydrogen-bond acceptors (Lipinski definition) is 7. The Morgan fingerprint density at radius 2 is 1.54 bits per heavy atom. The Morgan fingerprint density at radius 3 is 2.26 bits per heavy atom. The Balaban J connectivity index is 1.28. The van der Waals surface area contributed by atoms with Crippen molar-refractivity contribution in [3.8, 4) is 33.9 Å². The van der Waals surface area contributed by atoms with Crippen molar-refractivity contribution in [3.63, 3.8) is 0 Å². The average molecular weight is 489 g/mol. The van der Waals surface area contributed by atoms with E-state index in [4.69, 9.17) is 14.2 Å². The smallest absolute Gasteiger partial charge is 0.310 e. The highest BCUT2D eigenvalue weighted by Gasteiger charge is 2.13. The number of carbonyl (C=O) groups is 2. The number of esters is 1. The number of methoxy groups -OCH3 is 2. The summed E-state index contributed by atoms with van der Waals surface area (Å²) < 4.78 is 15.5. The minimum atomic E-state index is -0.522. The molecule has 7 nitrogen and oxygen atoms in total. The van der Waals surface area contributed by atoms with Crippen molar-refractivity contribution in [1.82, 2.24) is 4.98 Å². The van der Waals surface area contributed by atoms with Gasteiger partial charge in [0.1, 0.15) is 0 Å². The normalized spacial score (nSPS) is 10.5. The van der Waals surface area contributed by atoms with Crippen LogP contribution in [-0.2, 0) is 20.7 Å². The van der Waals surface area contributed by atoms with Crippen LogP contribution in [0.5, 0.6) is 11.5 Å². The van der Waals surface area contributed by atoms with Crippen LogP contribution in [0, 0.1) is 0 Å². The molecule has 3 aromatic carbocycles. The van der Waals surface area contributed by atoms with E-state index in [-0.39, 0.29) is 6.42 Å². The molecule has 1 heterocycles. The SMILES string of the molecule is COc1ccc(CC(=O)OCC(=O)Nc2nc(-c3ccc(-c4ccccc4)cc3)cs2)cc1OC. The van der Waals surface area contributed by atoms with Crippen LogP contribution in [0.25, 0.3) is 22.4 Å². The quantitative estimate of drug-likeness (QED) is 0.325. The summed E-state index contributed by atoms with van der Waals surface area (Å²) in [5, 5.41) is 4.99. The molecule has 0 fully saturated rings. The first-order chi connectivity index (χ1) is 17.1. The number of thiazole rings is 1. The molecule has 0 atom stereocenters. The predicted molar refractivity (Wildman–Crippen MR) is 136 cm³/mol. The zero-order valence-electron chi connectivity index (χ0n) is 19.3. The van der Waals surface area contributed by atoms with Gasteiger partial charge in [-0.3, -0.25) is 14.9 Å². The van der Waals surface area contributed by atoms with Crippen LogP contribution in [0.1, 0.15) is 5.56 Å². The number of nitrogens with one attached hydrogen (secondary N) is 1. The third-order valence-electron chi connectivity index (χ3n) is 5.20. The Hall–Kier alpha value is -4.17. The van der Waals surface area contributed by atoms with Gasteiger partial charge in [-0.05, 0) is 28.8 Å². The maximum absolute atomic E-state index is 12.2. The molecule has 0 aliphatic rings. The third-order valence-corrected chi connectivity index (χ3v) is 5.96. The van der Waals surface area contributed by atoms with E-state index in [1.807, 2.05) is 47.8 Å². The number of anilines is 1. The zero-order chi connectivity index (χ0) is 24.6. The molecule has 1 aromatic heterocycles. The van der Waals surface area contributed by atoms with E-state index in [9.17, 15) is 9.59 Å². The summed E-state index contributed by atoms with van der Waals surface area (Å²) in [5.74, 6) is 0.112. The molecule has 0 spiro atoms. The van der Waals surface area contributed by atoms with E-state index < -0.39 is 18.5 Å². The molecule has 4 rings (SSSR count). The number of nitrogens with zero attached hydrogens (tertiary/aromatic N) is 1. The van der Waals surface area contributed by atoms with Gasteiger partial charge in [0.15, 0.2) is 23.2 Å². The molecule has 8 heteroatoms. The van der Waals surface area contributed by atoms with Crippen LogP contribution in [0.4, 0.5) is 5.13 Å². The summed E-state index contributed by atoms with van der Waals surface area (Å²) in [6.07, 6.45) is 0.00795. The van der Waals surface area contributed by atoms with E-state index in [1.54, 1.807) is 18.2 Å². The molecule has 0 saturated heterocycles. The van der Waals surface area contributed by atoms with Crippen molar-refractivity contribution in [2.24, 2.45) is 0 Å². The van der Waals surface area contributed by atoms with Crippen molar-refractivity contribution in [2.45, 2.75) is 6.42 Å². The van der Waals surface area contributed by atoms with E-state index >= 15 is 0 Å². The van der Waals surface area contributed by atoms with Crippen LogP contribution in [-0.4, -0.2) is 37.7 Å². The fourth-order valence-electron chi connectivity index (χ4n) is 3.44. The number of hydrogen-bond donors (Lipinski definition) is 1. The Morgan fingerprint density at radius 1 is 0.857 bits per heavy atom. The maximum atomic E-state index is 12.2. The van der Waals surface area contributed by atoms with Gasteiger partial charge < -0.3 is 14.2 Å². The molecule has 0 radical (unpaired) electrons. The molecule has 0 bridgehead atoms. The van der Waals surface area contributed by atoms with Crippen molar-refractivity contribution >= 4 is 28.3 Å². The lowest BCUT2D eigenvalue weighted by atomic mass is 10.0. The second-order valence-corrected chi connectivity index (χ2v) is 8.41. The average Bonchev–Trinajstić information content (AvgIpc) is 3.36. The van der Waals surface area contributed by atoms with Gasteiger partial charge >= 0.3 is 5.97 Å². The first-order valence-electron chi connectivity index (χ1n) is 10.8. The lowest BCUT2D eigenvalue weighted by Gasteiger charge is -2.09. The first-order valence-corrected chi connectivity index (χ1v) is 11.7. The summed E-state index contributed by atoms with van der Waals surface area (Å²) in [5.41, 5.74) is 4.66. The van der Waals surface area contributed by atoms with Gasteiger partial charge in [0.25, 0.3) is 5.91 Å². The number of benzene rings is 3. The fraction of sp³-hybridized carbons (Fsp3) is 0.148. The molecule has 1 N–H and O–H groups in total. The number of carbonyl (C=O) groups excluding carboxylic acids is 2. The first kappa shape index (κ1) is 24.0. The second kappa shape index (κ2) is 11.3. The molecule has 1 amide bonds. The highest BCUT2D eigenvalue weighted by Crippen LogP contribution is 2.29. The Bertz CT molecular complexity index is 1300. The number of ether oxygens (including phenoxy) is 3. The largest absolute Gasteiger partial charge is 0.493 e. The Kier molecular flexibility index (Phi) is 7.74. The van der Waals surface area contributed by atoms with Crippen molar-refractivity contribution < 1.29 is 23.8 Å². The molecular weight excluding hydrogens is 464 g/mol. The monoisotopic (exact) mass is 488 g/mol. The Labute approximate surface area is 207 Å². The summed E-state index contributed by atoms with van der Waals surface area (Å²) in [4.78, 5) is 28.9. The summed E-state index contributed by atoms with van der Waals surface area (Å²) in [6.45, 7) is -0.396. The van der Waals surface area contributed by atoms with Gasteiger partial charge in [-0.2, -0.15) is 0 Å². The minimum Gasteiger partial charge on any atom is -0.493 e. The van der Waals surface area contributed by atoms with Gasteiger partial charge in [-0.15, -0.1) is 11.3 Å². The van der Waals surface area contributed by atoms with E-state index in [1.165, 1.54) is 25.6 Å². The number of rotatable bonds is 9. The second-order valence-electron chi connectivity index (χ2n) is 7.56. The van der Waals surface area contributed by atoms with Crippen LogP contribution in [0.2, 0.25) is 0 Å². The third kappa shape index (κ3) is 6.24. The molecule has 0 saturated carbocycles. The highest BCUT2D eigenvalue weighted by atomic mass is 32.1. The molecule has 0 aliphatic carbocycles. The van der Waals surface area contributed by atoms with Crippen molar-refractivity contribution in [2.75, 3.05) is 26.1 Å². The fourth-order valence-corrected chi connectivity index (χ4v) is 4.17. The zero-order valence-corrected chi connectivity index (χ0v) is 20.1. The number of amides is 1. The van der Waals surface area contributed by atoms with E-state index in [0.29, 0.717) is 22.2 Å². The van der Waals surface area contributed by atoms with Crippen LogP contribution in [0.3, 0.4) is 0 Å². The van der Waals surface area contributed by atoms with Gasteiger partial charge in [0, 0.05) is 10.9 Å². The molecule has 0 unspecified atom stereocenters. The lowest BCUT2D eigenvalue weighted by molar-refractivity contribution is -0.146. The summed E-state index contributed by atoms with van der Waals surface area (Å²) in [6, 6.07) is 23.4. The molecule has 178 valence electrons. The predicted octanol–water partition coefficient (Wildman–Crippen LogP) is 5.22. The number of aromatic nitrogens is 1. The van der Waals surface area contributed by atoms with Crippen molar-refractivity contribution in [3.05, 3.63) is 83.7 Å². The van der Waals surface area contributed by atoms with Gasteiger partial charge in [-0.25, -0.2) is 4.98 Å². The topological polar surface area (TPSA) is 86.8 Å².